The molecule has 2 N–H and O–H groups in total. The number of ether oxygens (including phenoxy) is 2. The predicted octanol–water partition coefficient (Wildman–Crippen LogP) is 3.03. The van der Waals surface area contributed by atoms with Crippen LogP contribution in [0.1, 0.15) is 18.5 Å². The van der Waals surface area contributed by atoms with Crippen LogP contribution in [0, 0.1) is 0 Å². The fourth-order valence-electron chi connectivity index (χ4n) is 2.72. The number of fused-ring (bicyclic) bond motifs is 1. The molecular formula is C18H19N4O4S-. The summed E-state index contributed by atoms with van der Waals surface area (Å²) in [5.41, 5.74) is 2.21. The van der Waals surface area contributed by atoms with Crippen molar-refractivity contribution in [3.8, 4) is 11.5 Å². The molecule has 0 aliphatic carbocycles. The molecule has 1 heterocycles. The van der Waals surface area contributed by atoms with Crippen LogP contribution in [-0.4, -0.2) is 32.9 Å². The van der Waals surface area contributed by atoms with Crippen LogP contribution in [-0.2, 0) is 11.3 Å². The normalized spacial score (nSPS) is 13.0. The molecule has 142 valence electrons. The zero-order valence-electron chi connectivity index (χ0n) is 15.1. The number of aromatic nitrogens is 2. The zero-order chi connectivity index (χ0) is 19.4. The average Bonchev–Trinajstić information content (AvgIpc) is 2.67. The maximum Gasteiger partial charge on any atom is 0.162 e. The third-order valence-corrected chi connectivity index (χ3v) is 4.51. The van der Waals surface area contributed by atoms with Gasteiger partial charge in [0.05, 0.1) is 19.7 Å². The lowest BCUT2D eigenvalue weighted by molar-refractivity contribution is 0.356. The minimum absolute atomic E-state index is 0.0667. The second-order valence-corrected chi connectivity index (χ2v) is 6.44. The Labute approximate surface area is 159 Å². The van der Waals surface area contributed by atoms with E-state index >= 15 is 0 Å². The molecular weight excluding hydrogens is 368 g/mol. The second-order valence-electron chi connectivity index (χ2n) is 5.77. The highest BCUT2D eigenvalue weighted by Gasteiger charge is 2.13. The molecule has 0 bridgehead atoms. The van der Waals surface area contributed by atoms with Gasteiger partial charge in [0, 0.05) is 34.4 Å². The van der Waals surface area contributed by atoms with Crippen LogP contribution in [0.25, 0.3) is 10.9 Å². The smallest absolute Gasteiger partial charge is 0.162 e. The number of hydrogen-bond donors (Lipinski definition) is 2. The molecule has 1 aromatic heterocycles. The highest BCUT2D eigenvalue weighted by Crippen LogP contribution is 2.34. The summed E-state index contributed by atoms with van der Waals surface area (Å²) < 4.78 is 34.4. The Balaban J connectivity index is 1.88. The third-order valence-electron chi connectivity index (χ3n) is 4.11. The molecule has 9 heteroatoms. The number of nitrogens with one attached hydrogen (secondary N) is 2. The van der Waals surface area contributed by atoms with E-state index in [-0.39, 0.29) is 6.04 Å². The first kappa shape index (κ1) is 18.9. The van der Waals surface area contributed by atoms with Crippen LogP contribution in [0.15, 0.2) is 42.7 Å². The van der Waals surface area contributed by atoms with Crippen molar-refractivity contribution in [2.24, 2.45) is 0 Å². The zero-order valence-corrected chi connectivity index (χ0v) is 15.9. The molecule has 3 aromatic rings. The molecule has 2 aromatic carbocycles. The summed E-state index contributed by atoms with van der Waals surface area (Å²) >= 11 is -2.34. The minimum Gasteiger partial charge on any atom is -0.755 e. The quantitative estimate of drug-likeness (QED) is 0.600. The van der Waals surface area contributed by atoms with E-state index < -0.39 is 11.3 Å². The number of hydrogen-bond acceptors (Lipinski definition) is 7. The Hall–Kier alpha value is -2.91. The van der Waals surface area contributed by atoms with Gasteiger partial charge in [0.1, 0.15) is 12.1 Å². The van der Waals surface area contributed by atoms with Crippen LogP contribution >= 0.6 is 0 Å². The minimum atomic E-state index is -2.34. The van der Waals surface area contributed by atoms with Crippen LogP contribution in [0.4, 0.5) is 11.5 Å². The SMILES string of the molecule is COc1cc2ncnc(N[C@H](C)c3ccc(NS(=O)[O-])cc3)c2cc1OC. The van der Waals surface area contributed by atoms with Gasteiger partial charge in [0.15, 0.2) is 11.5 Å². The first-order valence-electron chi connectivity index (χ1n) is 8.11. The lowest BCUT2D eigenvalue weighted by atomic mass is 10.1. The van der Waals surface area contributed by atoms with Crippen molar-refractivity contribution in [2.45, 2.75) is 13.0 Å². The van der Waals surface area contributed by atoms with Gasteiger partial charge < -0.3 is 24.1 Å². The molecule has 0 radical (unpaired) electrons. The number of benzene rings is 2. The molecule has 0 saturated heterocycles. The van der Waals surface area contributed by atoms with Crippen LogP contribution in [0.5, 0.6) is 11.5 Å². The van der Waals surface area contributed by atoms with Crippen molar-refractivity contribution in [3.05, 3.63) is 48.3 Å². The van der Waals surface area contributed by atoms with Gasteiger partial charge in [-0.25, -0.2) is 9.97 Å². The van der Waals surface area contributed by atoms with Gasteiger partial charge in [-0.05, 0) is 30.7 Å². The fourth-order valence-corrected chi connectivity index (χ4v) is 3.05. The van der Waals surface area contributed by atoms with Crippen molar-refractivity contribution in [1.82, 2.24) is 9.97 Å². The number of methoxy groups -OCH3 is 2. The van der Waals surface area contributed by atoms with Crippen LogP contribution < -0.4 is 19.5 Å². The van der Waals surface area contributed by atoms with Gasteiger partial charge in [-0.3, -0.25) is 4.21 Å². The highest BCUT2D eigenvalue weighted by molar-refractivity contribution is 7.80. The fraction of sp³-hybridized carbons (Fsp3) is 0.222. The van der Waals surface area contributed by atoms with Gasteiger partial charge in [-0.2, -0.15) is 0 Å². The average molecular weight is 387 g/mol. The molecule has 0 aliphatic heterocycles. The Kier molecular flexibility index (Phi) is 5.72. The van der Waals surface area contributed by atoms with Crippen molar-refractivity contribution in [3.63, 3.8) is 0 Å². The summed E-state index contributed by atoms with van der Waals surface area (Å²) in [7, 11) is 3.15. The van der Waals surface area contributed by atoms with Crippen molar-refractivity contribution < 1.29 is 18.2 Å². The number of anilines is 2. The van der Waals surface area contributed by atoms with E-state index in [9.17, 15) is 8.76 Å². The molecule has 8 nitrogen and oxygen atoms in total. The molecule has 0 amide bonds. The topological polar surface area (TPSA) is 108 Å². The van der Waals surface area contributed by atoms with E-state index in [1.54, 1.807) is 32.4 Å². The summed E-state index contributed by atoms with van der Waals surface area (Å²) in [5.74, 6) is 1.86. The molecule has 0 saturated carbocycles. The monoisotopic (exact) mass is 387 g/mol. The first-order valence-corrected chi connectivity index (χ1v) is 9.18. The van der Waals surface area contributed by atoms with Gasteiger partial charge in [-0.15, -0.1) is 0 Å². The van der Waals surface area contributed by atoms with Gasteiger partial charge in [0.2, 0.25) is 0 Å². The Morgan fingerprint density at radius 3 is 2.37 bits per heavy atom. The van der Waals surface area contributed by atoms with Gasteiger partial charge in [0.25, 0.3) is 0 Å². The summed E-state index contributed by atoms with van der Waals surface area (Å²) in [5, 5.41) is 4.17. The molecule has 1 unspecified atom stereocenters. The van der Waals surface area contributed by atoms with E-state index in [1.165, 1.54) is 6.33 Å². The summed E-state index contributed by atoms with van der Waals surface area (Å²) in [4.78, 5) is 8.64. The Morgan fingerprint density at radius 2 is 1.74 bits per heavy atom. The van der Waals surface area contributed by atoms with E-state index in [1.807, 2.05) is 25.1 Å². The molecule has 0 fully saturated rings. The Morgan fingerprint density at radius 1 is 1.07 bits per heavy atom. The molecule has 3 rings (SSSR count). The second kappa shape index (κ2) is 8.19. The first-order chi connectivity index (χ1) is 13.0. The lowest BCUT2D eigenvalue weighted by Gasteiger charge is -2.18. The molecule has 0 aliphatic rings. The third kappa shape index (κ3) is 4.26. The number of nitrogens with zero attached hydrogens (tertiary/aromatic N) is 2. The van der Waals surface area contributed by atoms with Crippen molar-refractivity contribution in [1.29, 1.82) is 0 Å². The largest absolute Gasteiger partial charge is 0.755 e. The predicted molar refractivity (Wildman–Crippen MR) is 104 cm³/mol. The van der Waals surface area contributed by atoms with E-state index in [0.29, 0.717) is 23.0 Å². The molecule has 2 atom stereocenters. The standard InChI is InChI=1S/C18H20N4O4S/c1-11(12-4-6-13(7-5-12)22-27(23)24)21-18-14-8-16(25-2)17(26-3)9-15(14)19-10-20-18/h4-11,22H,1-3H3,(H,23,24)(H,19,20,21)/p-1/t11-/m1/s1. The maximum atomic E-state index is 10.7. The molecule has 27 heavy (non-hydrogen) atoms. The Bertz CT molecular complexity index is 965. The van der Waals surface area contributed by atoms with Crippen molar-refractivity contribution >= 4 is 33.7 Å². The van der Waals surface area contributed by atoms with Crippen molar-refractivity contribution in [2.75, 3.05) is 24.3 Å². The number of rotatable bonds is 7. The molecule has 0 spiro atoms. The highest BCUT2D eigenvalue weighted by atomic mass is 32.2. The van der Waals surface area contributed by atoms with Gasteiger partial charge in [-0.1, -0.05) is 12.1 Å². The van der Waals surface area contributed by atoms with E-state index in [4.69, 9.17) is 9.47 Å². The summed E-state index contributed by atoms with van der Waals surface area (Å²) in [6.07, 6.45) is 1.49. The summed E-state index contributed by atoms with van der Waals surface area (Å²) in [6, 6.07) is 10.7. The van der Waals surface area contributed by atoms with Crippen LogP contribution in [0.2, 0.25) is 0 Å². The summed E-state index contributed by atoms with van der Waals surface area (Å²) in [6.45, 7) is 1.99. The van der Waals surface area contributed by atoms with Gasteiger partial charge >= 0.3 is 0 Å². The van der Waals surface area contributed by atoms with E-state index in [2.05, 4.69) is 20.0 Å². The van der Waals surface area contributed by atoms with Crippen LogP contribution in [0.3, 0.4) is 0 Å². The maximum absolute atomic E-state index is 10.7. The van der Waals surface area contributed by atoms with E-state index in [0.717, 1.165) is 16.5 Å². The lowest BCUT2D eigenvalue weighted by Crippen LogP contribution is -2.09.